The van der Waals surface area contributed by atoms with E-state index in [0.29, 0.717) is 17.9 Å². The van der Waals surface area contributed by atoms with Crippen LogP contribution in [0.4, 0.5) is 0 Å². The lowest BCUT2D eigenvalue weighted by molar-refractivity contribution is -0.136. The summed E-state index contributed by atoms with van der Waals surface area (Å²) in [5.74, 6) is -0.0530. The number of benzene rings is 1. The van der Waals surface area contributed by atoms with Gasteiger partial charge in [-0.2, -0.15) is 0 Å². The number of fused-ring (bicyclic) bond motifs is 1. The Labute approximate surface area is 224 Å². The Balaban J connectivity index is 0.000000494. The Morgan fingerprint density at radius 1 is 0.974 bits per heavy atom. The molecule has 1 aromatic heterocycles. The zero-order chi connectivity index (χ0) is 27.1. The SMILES string of the molecule is C1CCCCC1.Cn1c(=O)n(C2CCC(=O)NC2=O)c2ccc(CCCC3CCN(C(=O)CN)CC3)cc21. The summed E-state index contributed by atoms with van der Waals surface area (Å²) < 4.78 is 3.09. The summed E-state index contributed by atoms with van der Waals surface area (Å²) in [6.45, 7) is 1.67. The molecule has 2 aromatic rings. The molecule has 9 nitrogen and oxygen atoms in total. The van der Waals surface area contributed by atoms with Crippen LogP contribution < -0.4 is 16.7 Å². The summed E-state index contributed by atoms with van der Waals surface area (Å²) in [6.07, 6.45) is 14.7. The predicted molar refractivity (Wildman–Crippen MR) is 148 cm³/mol. The van der Waals surface area contributed by atoms with Gasteiger partial charge in [0, 0.05) is 26.6 Å². The lowest BCUT2D eigenvalue weighted by Gasteiger charge is -2.31. The van der Waals surface area contributed by atoms with Gasteiger partial charge in [-0.25, -0.2) is 4.79 Å². The summed E-state index contributed by atoms with van der Waals surface area (Å²) in [4.78, 5) is 50.2. The molecule has 2 saturated heterocycles. The van der Waals surface area contributed by atoms with Gasteiger partial charge in [-0.1, -0.05) is 44.6 Å². The van der Waals surface area contributed by atoms with Gasteiger partial charge in [0.15, 0.2) is 0 Å². The first-order valence-electron chi connectivity index (χ1n) is 14.4. The maximum Gasteiger partial charge on any atom is 0.329 e. The number of hydrogen-bond acceptors (Lipinski definition) is 5. The highest BCUT2D eigenvalue weighted by Gasteiger charge is 2.31. The third-order valence-corrected chi connectivity index (χ3v) is 8.40. The molecule has 2 aliphatic heterocycles. The van der Waals surface area contributed by atoms with Crippen molar-refractivity contribution in [1.82, 2.24) is 19.4 Å². The number of imide groups is 1. The third kappa shape index (κ3) is 6.73. The first-order chi connectivity index (χ1) is 18.4. The Bertz CT molecular complexity index is 1180. The van der Waals surface area contributed by atoms with Crippen LogP contribution in [-0.2, 0) is 27.9 Å². The van der Waals surface area contributed by atoms with E-state index in [2.05, 4.69) is 5.32 Å². The van der Waals surface area contributed by atoms with Crippen molar-refractivity contribution in [3.05, 3.63) is 34.2 Å². The zero-order valence-corrected chi connectivity index (χ0v) is 22.8. The molecule has 38 heavy (non-hydrogen) atoms. The van der Waals surface area contributed by atoms with Gasteiger partial charge >= 0.3 is 5.69 Å². The molecule has 3 N–H and O–H groups in total. The van der Waals surface area contributed by atoms with Crippen molar-refractivity contribution in [2.24, 2.45) is 18.7 Å². The van der Waals surface area contributed by atoms with Gasteiger partial charge in [-0.3, -0.25) is 28.8 Å². The molecule has 3 fully saturated rings. The standard InChI is InChI=1S/C23H31N5O4.C6H12/c1-26-19-13-16(4-2-3-15-9-11-27(12-10-15)21(30)14-24)5-6-17(19)28(23(26)32)18-7-8-20(29)25-22(18)31;1-2-4-6-5-3-1/h5-6,13,15,18H,2-4,7-12,14,24H2,1H3,(H,25,29,31);1-6H2. The van der Waals surface area contributed by atoms with E-state index >= 15 is 0 Å². The summed E-state index contributed by atoms with van der Waals surface area (Å²) >= 11 is 0. The van der Waals surface area contributed by atoms with Crippen molar-refractivity contribution in [2.75, 3.05) is 19.6 Å². The van der Waals surface area contributed by atoms with Gasteiger partial charge < -0.3 is 10.6 Å². The Morgan fingerprint density at radius 3 is 2.24 bits per heavy atom. The summed E-state index contributed by atoms with van der Waals surface area (Å²) in [5, 5.41) is 2.34. The number of carbonyl (C=O) groups excluding carboxylic acids is 3. The van der Waals surface area contributed by atoms with Crippen LogP contribution in [0.3, 0.4) is 0 Å². The predicted octanol–water partition coefficient (Wildman–Crippen LogP) is 3.18. The third-order valence-electron chi connectivity index (χ3n) is 8.40. The molecule has 1 aromatic carbocycles. The van der Waals surface area contributed by atoms with Crippen LogP contribution in [0.15, 0.2) is 23.0 Å². The van der Waals surface area contributed by atoms with Crippen LogP contribution in [-0.4, -0.2) is 51.4 Å². The lowest BCUT2D eigenvalue weighted by Crippen LogP contribution is -2.44. The molecule has 1 atom stereocenters. The van der Waals surface area contributed by atoms with Crippen molar-refractivity contribution in [3.8, 4) is 0 Å². The van der Waals surface area contributed by atoms with E-state index in [1.807, 2.05) is 23.1 Å². The number of nitrogens with one attached hydrogen (secondary N) is 1. The number of nitrogens with two attached hydrogens (primary N) is 1. The fraction of sp³-hybridized carbons (Fsp3) is 0.655. The molecule has 5 rings (SSSR count). The molecule has 0 radical (unpaired) electrons. The van der Waals surface area contributed by atoms with E-state index < -0.39 is 11.9 Å². The molecule has 1 saturated carbocycles. The molecule has 0 spiro atoms. The van der Waals surface area contributed by atoms with Crippen LogP contribution in [0.1, 0.15) is 88.7 Å². The average molecular weight is 526 g/mol. The number of rotatable bonds is 6. The van der Waals surface area contributed by atoms with Crippen LogP contribution in [0, 0.1) is 5.92 Å². The largest absolute Gasteiger partial charge is 0.342 e. The average Bonchev–Trinajstić information content (AvgIpc) is 3.19. The monoisotopic (exact) mass is 525 g/mol. The number of nitrogens with zero attached hydrogens (tertiary/aromatic N) is 3. The summed E-state index contributed by atoms with van der Waals surface area (Å²) in [7, 11) is 1.72. The maximum atomic E-state index is 12.9. The van der Waals surface area contributed by atoms with Crippen molar-refractivity contribution < 1.29 is 14.4 Å². The van der Waals surface area contributed by atoms with Crippen LogP contribution in [0.2, 0.25) is 0 Å². The molecule has 1 unspecified atom stereocenters. The minimum absolute atomic E-state index is 0.0339. The fourth-order valence-corrected chi connectivity index (χ4v) is 6.05. The highest BCUT2D eigenvalue weighted by atomic mass is 16.2. The van der Waals surface area contributed by atoms with Crippen LogP contribution in [0.25, 0.3) is 11.0 Å². The second kappa shape index (κ2) is 13.2. The van der Waals surface area contributed by atoms with E-state index in [1.54, 1.807) is 11.6 Å². The van der Waals surface area contributed by atoms with Crippen molar-refractivity contribution in [1.29, 1.82) is 0 Å². The molecule has 3 amide bonds. The maximum absolute atomic E-state index is 12.9. The second-order valence-corrected chi connectivity index (χ2v) is 11.0. The number of aryl methyl sites for hydroxylation is 2. The fourth-order valence-electron chi connectivity index (χ4n) is 6.05. The highest BCUT2D eigenvalue weighted by Crippen LogP contribution is 2.26. The molecule has 0 bridgehead atoms. The van der Waals surface area contributed by atoms with Gasteiger partial charge in [0.2, 0.25) is 17.7 Å². The molecule has 3 aliphatic rings. The molecule has 3 heterocycles. The Hall–Kier alpha value is -2.94. The van der Waals surface area contributed by atoms with Gasteiger partial charge in [0.05, 0.1) is 17.6 Å². The number of imidazole rings is 1. The minimum atomic E-state index is -0.660. The number of piperidine rings is 2. The number of hydrogen-bond donors (Lipinski definition) is 2. The van der Waals surface area contributed by atoms with Gasteiger partial charge in [-0.05, 0) is 62.1 Å². The molecule has 9 heteroatoms. The van der Waals surface area contributed by atoms with Gasteiger partial charge in [0.1, 0.15) is 6.04 Å². The highest BCUT2D eigenvalue weighted by molar-refractivity contribution is 6.00. The van der Waals surface area contributed by atoms with Crippen molar-refractivity contribution in [3.63, 3.8) is 0 Å². The van der Waals surface area contributed by atoms with E-state index in [0.717, 1.165) is 56.3 Å². The Kier molecular flexibility index (Phi) is 9.77. The Morgan fingerprint density at radius 2 is 1.63 bits per heavy atom. The van der Waals surface area contributed by atoms with E-state index in [4.69, 9.17) is 5.73 Å². The second-order valence-electron chi connectivity index (χ2n) is 11.0. The van der Waals surface area contributed by atoms with Gasteiger partial charge in [0.25, 0.3) is 0 Å². The van der Waals surface area contributed by atoms with Gasteiger partial charge in [-0.15, -0.1) is 0 Å². The van der Waals surface area contributed by atoms with Crippen molar-refractivity contribution in [2.45, 2.75) is 89.5 Å². The minimum Gasteiger partial charge on any atom is -0.342 e. The lowest BCUT2D eigenvalue weighted by atomic mass is 9.90. The van der Waals surface area contributed by atoms with E-state index in [1.165, 1.54) is 43.1 Å². The summed E-state index contributed by atoms with van der Waals surface area (Å²) in [6, 6.07) is 5.30. The first kappa shape index (κ1) is 28.1. The van der Waals surface area contributed by atoms with Crippen LogP contribution >= 0.6 is 0 Å². The van der Waals surface area contributed by atoms with E-state index in [9.17, 15) is 19.2 Å². The number of carbonyl (C=O) groups is 3. The molecule has 1 aliphatic carbocycles. The molecule has 208 valence electrons. The summed E-state index contributed by atoms with van der Waals surface area (Å²) in [5.41, 5.74) is 7.87. The number of likely N-dealkylation sites (tertiary alicyclic amines) is 1. The molecular formula is C29H43N5O4. The number of amides is 3. The normalized spacial score (nSPS) is 20.7. The zero-order valence-electron chi connectivity index (χ0n) is 22.8. The topological polar surface area (TPSA) is 119 Å². The quantitative estimate of drug-likeness (QED) is 0.562. The molecular weight excluding hydrogens is 482 g/mol. The van der Waals surface area contributed by atoms with Crippen molar-refractivity contribution >= 4 is 28.8 Å². The van der Waals surface area contributed by atoms with E-state index in [-0.39, 0.29) is 30.5 Å². The number of aromatic nitrogens is 2. The smallest absolute Gasteiger partial charge is 0.329 e. The first-order valence-corrected chi connectivity index (χ1v) is 14.4. The van der Waals surface area contributed by atoms with Crippen LogP contribution in [0.5, 0.6) is 0 Å².